The molecule has 0 atom stereocenters. The Morgan fingerprint density at radius 3 is 2.33 bits per heavy atom. The van der Waals surface area contributed by atoms with Crippen molar-refractivity contribution in [2.45, 2.75) is 6.92 Å². The van der Waals surface area contributed by atoms with E-state index in [0.29, 0.717) is 15.9 Å². The van der Waals surface area contributed by atoms with E-state index in [0.717, 1.165) is 16.8 Å². The third-order valence-corrected chi connectivity index (χ3v) is 4.99. The summed E-state index contributed by atoms with van der Waals surface area (Å²) in [4.78, 5) is 24.4. The number of carbonyl (C=O) groups is 1. The van der Waals surface area contributed by atoms with Crippen LogP contribution in [-0.4, -0.2) is 16.1 Å². The van der Waals surface area contributed by atoms with Crippen LogP contribution in [0.4, 0.5) is 11.5 Å². The molecule has 0 spiro atoms. The van der Waals surface area contributed by atoms with Gasteiger partial charge < -0.3 is 0 Å². The summed E-state index contributed by atoms with van der Waals surface area (Å²) in [5, 5.41) is 0.602. The van der Waals surface area contributed by atoms with Crippen LogP contribution in [0.3, 0.4) is 0 Å². The number of aliphatic imine (C=N–C) groups is 1. The summed E-state index contributed by atoms with van der Waals surface area (Å²) in [5.74, 6) is 0.499. The first-order valence-electron chi connectivity index (χ1n) is 8.56. The number of thioether (sulfide) groups is 1. The molecule has 0 saturated carbocycles. The maximum atomic E-state index is 13.1. The standard InChI is InChI=1S/C22H17N3OS/c1-16-12-13-20(23-15-16)24-22-25(18-10-6-3-7-11-18)21(26)19(27-22)14-17-8-4-2-5-9-17/h2-15H,1H3/b19-14-,24-22?. The summed E-state index contributed by atoms with van der Waals surface area (Å²) in [7, 11) is 0. The Kier molecular flexibility index (Phi) is 4.85. The summed E-state index contributed by atoms with van der Waals surface area (Å²) < 4.78 is 0. The van der Waals surface area contributed by atoms with Crippen LogP contribution in [0, 0.1) is 6.92 Å². The van der Waals surface area contributed by atoms with E-state index in [9.17, 15) is 4.79 Å². The summed E-state index contributed by atoms with van der Waals surface area (Å²) >= 11 is 1.36. The van der Waals surface area contributed by atoms with E-state index in [1.165, 1.54) is 11.8 Å². The van der Waals surface area contributed by atoms with Crippen molar-refractivity contribution in [2.24, 2.45) is 4.99 Å². The van der Waals surface area contributed by atoms with Crippen molar-refractivity contribution in [3.63, 3.8) is 0 Å². The molecule has 1 fully saturated rings. The van der Waals surface area contributed by atoms with Crippen molar-refractivity contribution in [2.75, 3.05) is 4.90 Å². The van der Waals surface area contributed by atoms with Gasteiger partial charge in [0, 0.05) is 6.20 Å². The Hall–Kier alpha value is -3.18. The first-order chi connectivity index (χ1) is 13.2. The molecule has 0 N–H and O–H groups in total. The van der Waals surface area contributed by atoms with Gasteiger partial charge in [-0.2, -0.15) is 0 Å². The van der Waals surface area contributed by atoms with Crippen molar-refractivity contribution in [3.8, 4) is 0 Å². The second kappa shape index (κ2) is 7.60. The quantitative estimate of drug-likeness (QED) is 0.595. The normalized spacial score (nSPS) is 17.1. The smallest absolute Gasteiger partial charge is 0.268 e. The summed E-state index contributed by atoms with van der Waals surface area (Å²) in [6.07, 6.45) is 3.67. The topological polar surface area (TPSA) is 45.6 Å². The van der Waals surface area contributed by atoms with Gasteiger partial charge in [0.25, 0.3) is 5.91 Å². The number of rotatable bonds is 3. The van der Waals surface area contributed by atoms with Crippen LogP contribution >= 0.6 is 11.8 Å². The molecule has 3 aromatic rings. The molecule has 4 rings (SSSR count). The lowest BCUT2D eigenvalue weighted by Gasteiger charge is -2.15. The molecule has 2 heterocycles. The van der Waals surface area contributed by atoms with Crippen LogP contribution in [-0.2, 0) is 4.79 Å². The molecule has 1 aliphatic heterocycles. The lowest BCUT2D eigenvalue weighted by molar-refractivity contribution is -0.113. The fourth-order valence-electron chi connectivity index (χ4n) is 2.68. The second-order valence-electron chi connectivity index (χ2n) is 6.09. The Balaban J connectivity index is 1.76. The molecule has 1 amide bonds. The van der Waals surface area contributed by atoms with Gasteiger partial charge in [-0.05, 0) is 54.1 Å². The number of nitrogens with zero attached hydrogens (tertiary/aromatic N) is 3. The summed E-state index contributed by atoms with van der Waals surface area (Å²) in [6.45, 7) is 1.98. The molecule has 4 nitrogen and oxygen atoms in total. The second-order valence-corrected chi connectivity index (χ2v) is 7.09. The third-order valence-electron chi connectivity index (χ3n) is 4.02. The fraction of sp³-hybridized carbons (Fsp3) is 0.0455. The number of para-hydroxylation sites is 1. The summed E-state index contributed by atoms with van der Waals surface area (Å²) in [5.41, 5.74) is 2.84. The highest BCUT2D eigenvalue weighted by atomic mass is 32.2. The zero-order valence-corrected chi connectivity index (χ0v) is 15.6. The Morgan fingerprint density at radius 2 is 1.67 bits per heavy atom. The van der Waals surface area contributed by atoms with Crippen LogP contribution in [0.5, 0.6) is 0 Å². The SMILES string of the molecule is Cc1ccc(N=C2S/C(=C\c3ccccc3)C(=O)N2c2ccccc2)nc1. The molecule has 1 aliphatic rings. The maximum absolute atomic E-state index is 13.1. The van der Waals surface area contributed by atoms with Gasteiger partial charge in [-0.25, -0.2) is 9.98 Å². The van der Waals surface area contributed by atoms with Gasteiger partial charge in [-0.1, -0.05) is 54.6 Å². The zero-order chi connectivity index (χ0) is 18.6. The highest BCUT2D eigenvalue weighted by Gasteiger charge is 2.34. The molecular weight excluding hydrogens is 354 g/mol. The van der Waals surface area contributed by atoms with Gasteiger partial charge in [-0.15, -0.1) is 0 Å². The van der Waals surface area contributed by atoms with Crippen molar-refractivity contribution >= 4 is 40.4 Å². The molecular formula is C22H17N3OS. The average Bonchev–Trinajstić information content (AvgIpc) is 3.00. The molecule has 1 aromatic heterocycles. The monoisotopic (exact) mass is 371 g/mol. The molecule has 0 unspecified atom stereocenters. The average molecular weight is 371 g/mol. The fourth-order valence-corrected chi connectivity index (χ4v) is 3.67. The van der Waals surface area contributed by atoms with Gasteiger partial charge in [0.2, 0.25) is 0 Å². The Morgan fingerprint density at radius 1 is 0.963 bits per heavy atom. The molecule has 5 heteroatoms. The molecule has 2 aromatic carbocycles. The molecule has 0 aliphatic carbocycles. The minimum atomic E-state index is -0.0825. The first kappa shape index (κ1) is 17.2. The van der Waals surface area contributed by atoms with Crippen molar-refractivity contribution in [1.29, 1.82) is 0 Å². The van der Waals surface area contributed by atoms with Gasteiger partial charge >= 0.3 is 0 Å². The Bertz CT molecular complexity index is 1010. The zero-order valence-electron chi connectivity index (χ0n) is 14.7. The maximum Gasteiger partial charge on any atom is 0.271 e. The number of benzene rings is 2. The minimum Gasteiger partial charge on any atom is -0.268 e. The molecule has 27 heavy (non-hydrogen) atoms. The summed E-state index contributed by atoms with van der Waals surface area (Å²) in [6, 6.07) is 23.2. The van der Waals surface area contributed by atoms with E-state index in [1.54, 1.807) is 11.1 Å². The van der Waals surface area contributed by atoms with Crippen molar-refractivity contribution < 1.29 is 4.79 Å². The van der Waals surface area contributed by atoms with E-state index in [-0.39, 0.29) is 5.91 Å². The minimum absolute atomic E-state index is 0.0825. The highest BCUT2D eigenvalue weighted by molar-refractivity contribution is 8.19. The van der Waals surface area contributed by atoms with Crippen LogP contribution in [0.15, 0.2) is 88.9 Å². The predicted molar refractivity (Wildman–Crippen MR) is 112 cm³/mol. The van der Waals surface area contributed by atoms with Crippen molar-refractivity contribution in [1.82, 2.24) is 4.98 Å². The molecule has 0 bridgehead atoms. The largest absolute Gasteiger partial charge is 0.271 e. The number of pyridine rings is 1. The van der Waals surface area contributed by atoms with Gasteiger partial charge in [0.1, 0.15) is 0 Å². The van der Waals surface area contributed by atoms with Gasteiger partial charge in [-0.3, -0.25) is 9.69 Å². The number of hydrogen-bond donors (Lipinski definition) is 0. The van der Waals surface area contributed by atoms with E-state index < -0.39 is 0 Å². The Labute approximate surface area is 162 Å². The number of hydrogen-bond acceptors (Lipinski definition) is 4. The number of carbonyl (C=O) groups excluding carboxylic acids is 1. The van der Waals surface area contributed by atoms with Crippen molar-refractivity contribution in [3.05, 3.63) is 95.0 Å². The number of amidine groups is 1. The lowest BCUT2D eigenvalue weighted by atomic mass is 10.2. The number of aryl methyl sites for hydroxylation is 1. The number of anilines is 1. The van der Waals surface area contributed by atoms with Crippen LogP contribution in [0.25, 0.3) is 6.08 Å². The van der Waals surface area contributed by atoms with Crippen LogP contribution in [0.2, 0.25) is 0 Å². The lowest BCUT2D eigenvalue weighted by Crippen LogP contribution is -2.28. The first-order valence-corrected chi connectivity index (χ1v) is 9.38. The highest BCUT2D eigenvalue weighted by Crippen LogP contribution is 2.36. The van der Waals surface area contributed by atoms with E-state index in [1.807, 2.05) is 85.8 Å². The van der Waals surface area contributed by atoms with Gasteiger partial charge in [0.05, 0.1) is 10.6 Å². The number of aromatic nitrogens is 1. The molecule has 0 radical (unpaired) electrons. The predicted octanol–water partition coefficient (Wildman–Crippen LogP) is 5.20. The van der Waals surface area contributed by atoms with Crippen LogP contribution in [0.1, 0.15) is 11.1 Å². The van der Waals surface area contributed by atoms with E-state index in [2.05, 4.69) is 9.98 Å². The van der Waals surface area contributed by atoms with E-state index >= 15 is 0 Å². The van der Waals surface area contributed by atoms with Crippen LogP contribution < -0.4 is 4.90 Å². The van der Waals surface area contributed by atoms with Gasteiger partial charge in [0.15, 0.2) is 11.0 Å². The van der Waals surface area contributed by atoms with E-state index in [4.69, 9.17) is 0 Å². The molecule has 1 saturated heterocycles. The molecule has 132 valence electrons. The number of amides is 1. The third kappa shape index (κ3) is 3.83.